The van der Waals surface area contributed by atoms with Crippen LogP contribution >= 0.6 is 11.3 Å². The van der Waals surface area contributed by atoms with Crippen LogP contribution < -0.4 is 10.6 Å². The van der Waals surface area contributed by atoms with Crippen LogP contribution in [0.5, 0.6) is 0 Å². The van der Waals surface area contributed by atoms with Crippen molar-refractivity contribution in [2.75, 3.05) is 10.6 Å². The number of hydrogen-bond acceptors (Lipinski definition) is 4. The van der Waals surface area contributed by atoms with Gasteiger partial charge in [0.25, 0.3) is 0 Å². The maximum Gasteiger partial charge on any atom is 0.152 e. The summed E-state index contributed by atoms with van der Waals surface area (Å²) in [5.74, 6) is 0.950. The second-order valence-electron chi connectivity index (χ2n) is 4.80. The molecule has 0 aromatic carbocycles. The molecule has 94 valence electrons. The Morgan fingerprint density at radius 1 is 1.44 bits per heavy atom. The van der Waals surface area contributed by atoms with Crippen molar-refractivity contribution < 1.29 is 0 Å². The molecule has 1 saturated carbocycles. The number of anilines is 2. The second-order valence-corrected chi connectivity index (χ2v) is 5.84. The predicted molar refractivity (Wildman–Crippen MR) is 76.9 cm³/mol. The number of nitrogens with two attached hydrogens (primary N) is 1. The molecule has 2 heterocycles. The van der Waals surface area contributed by atoms with Gasteiger partial charge in [-0.15, -0.1) is 11.3 Å². The Labute approximate surface area is 111 Å². The van der Waals surface area contributed by atoms with Crippen LogP contribution in [-0.4, -0.2) is 11.0 Å². The zero-order valence-corrected chi connectivity index (χ0v) is 11.3. The molecule has 3 rings (SSSR count). The van der Waals surface area contributed by atoms with Gasteiger partial charge in [0.2, 0.25) is 0 Å². The van der Waals surface area contributed by atoms with Gasteiger partial charge in [0.15, 0.2) is 5.82 Å². The van der Waals surface area contributed by atoms with Crippen molar-refractivity contribution in [3.05, 3.63) is 40.2 Å². The summed E-state index contributed by atoms with van der Waals surface area (Å²) in [5.41, 5.74) is 8.11. The van der Waals surface area contributed by atoms with E-state index in [1.54, 1.807) is 11.3 Å². The first-order valence-electron chi connectivity index (χ1n) is 6.26. The summed E-state index contributed by atoms with van der Waals surface area (Å²) >= 11 is 1.79. The van der Waals surface area contributed by atoms with E-state index in [0.29, 0.717) is 6.04 Å². The van der Waals surface area contributed by atoms with Crippen LogP contribution in [0.15, 0.2) is 29.8 Å². The van der Waals surface area contributed by atoms with Gasteiger partial charge in [-0.25, -0.2) is 4.98 Å². The van der Waals surface area contributed by atoms with Crippen LogP contribution in [0.25, 0.3) is 0 Å². The Morgan fingerprint density at radius 2 is 2.28 bits per heavy atom. The average Bonchev–Trinajstić information content (AvgIpc) is 3.08. The monoisotopic (exact) mass is 259 g/mol. The smallest absolute Gasteiger partial charge is 0.152 e. The van der Waals surface area contributed by atoms with Crippen LogP contribution in [0.1, 0.15) is 23.3 Å². The van der Waals surface area contributed by atoms with Gasteiger partial charge in [0.05, 0.1) is 12.2 Å². The van der Waals surface area contributed by atoms with Crippen molar-refractivity contribution in [3.8, 4) is 0 Å². The fraction of sp³-hybridized carbons (Fsp3) is 0.357. The van der Waals surface area contributed by atoms with Crippen LogP contribution in [0.2, 0.25) is 0 Å². The summed E-state index contributed by atoms with van der Waals surface area (Å²) < 4.78 is 0. The van der Waals surface area contributed by atoms with Crippen molar-refractivity contribution in [3.63, 3.8) is 0 Å². The van der Waals surface area contributed by atoms with Crippen LogP contribution in [-0.2, 0) is 6.54 Å². The van der Waals surface area contributed by atoms with Crippen molar-refractivity contribution in [2.24, 2.45) is 0 Å². The zero-order chi connectivity index (χ0) is 12.5. The number of pyridine rings is 1. The number of thiophene rings is 1. The van der Waals surface area contributed by atoms with E-state index in [1.807, 2.05) is 19.2 Å². The maximum atomic E-state index is 6.18. The van der Waals surface area contributed by atoms with Gasteiger partial charge in [-0.1, -0.05) is 6.07 Å². The van der Waals surface area contributed by atoms with E-state index >= 15 is 0 Å². The van der Waals surface area contributed by atoms with Crippen molar-refractivity contribution in [1.82, 2.24) is 4.98 Å². The molecule has 0 aliphatic heterocycles. The highest BCUT2D eigenvalue weighted by atomic mass is 32.1. The lowest BCUT2D eigenvalue weighted by molar-refractivity contribution is 0.787. The third-order valence-electron chi connectivity index (χ3n) is 3.35. The summed E-state index contributed by atoms with van der Waals surface area (Å²) in [6.07, 6.45) is 4.35. The number of aryl methyl sites for hydroxylation is 1. The largest absolute Gasteiger partial charge is 0.396 e. The highest BCUT2D eigenvalue weighted by Gasteiger charge is 2.31. The summed E-state index contributed by atoms with van der Waals surface area (Å²) in [6, 6.07) is 6.85. The predicted octanol–water partition coefficient (Wildman–Crippen LogP) is 3.20. The minimum Gasteiger partial charge on any atom is -0.396 e. The number of rotatable bonds is 4. The molecule has 2 N–H and O–H groups in total. The van der Waals surface area contributed by atoms with Crippen LogP contribution in [0.4, 0.5) is 11.5 Å². The van der Waals surface area contributed by atoms with Gasteiger partial charge in [-0.05, 0) is 42.8 Å². The summed E-state index contributed by atoms with van der Waals surface area (Å²) in [4.78, 5) is 8.21. The van der Waals surface area contributed by atoms with Gasteiger partial charge in [-0.3, -0.25) is 0 Å². The first-order chi connectivity index (χ1) is 8.75. The number of hydrogen-bond donors (Lipinski definition) is 1. The molecule has 0 saturated heterocycles. The van der Waals surface area contributed by atoms with Crippen LogP contribution in [0, 0.1) is 6.92 Å². The van der Waals surface area contributed by atoms with E-state index in [2.05, 4.69) is 27.4 Å². The quantitative estimate of drug-likeness (QED) is 0.916. The molecule has 0 amide bonds. The molecule has 2 aromatic rings. The molecule has 4 heteroatoms. The van der Waals surface area contributed by atoms with Gasteiger partial charge < -0.3 is 10.6 Å². The Kier molecular flexibility index (Phi) is 2.96. The molecule has 0 spiro atoms. The molecule has 0 bridgehead atoms. The van der Waals surface area contributed by atoms with Gasteiger partial charge in [-0.2, -0.15) is 0 Å². The van der Waals surface area contributed by atoms with Gasteiger partial charge >= 0.3 is 0 Å². The molecule has 0 atom stereocenters. The maximum absolute atomic E-state index is 6.18. The van der Waals surface area contributed by atoms with E-state index in [-0.39, 0.29) is 0 Å². The normalized spacial score (nSPS) is 14.7. The molecule has 1 aliphatic rings. The van der Waals surface area contributed by atoms with Crippen molar-refractivity contribution in [2.45, 2.75) is 32.4 Å². The highest BCUT2D eigenvalue weighted by molar-refractivity contribution is 7.09. The molecular formula is C14H17N3S. The van der Waals surface area contributed by atoms with E-state index in [9.17, 15) is 0 Å². The third-order valence-corrected chi connectivity index (χ3v) is 4.21. The first-order valence-corrected chi connectivity index (χ1v) is 7.14. The molecule has 1 aliphatic carbocycles. The van der Waals surface area contributed by atoms with Gasteiger partial charge in [0.1, 0.15) is 0 Å². The standard InChI is InChI=1S/C14H17N3S/c1-10-6-7-16-14(13(10)15)17(11-4-5-11)9-12-3-2-8-18-12/h2-3,6-8,11H,4-5,9,15H2,1H3. The lowest BCUT2D eigenvalue weighted by Gasteiger charge is -2.24. The molecule has 18 heavy (non-hydrogen) atoms. The molecule has 3 nitrogen and oxygen atoms in total. The molecule has 0 radical (unpaired) electrons. The molecular weight excluding hydrogens is 242 g/mol. The topological polar surface area (TPSA) is 42.2 Å². The molecule has 0 unspecified atom stereocenters. The Bertz CT molecular complexity index is 532. The van der Waals surface area contributed by atoms with Crippen LogP contribution in [0.3, 0.4) is 0 Å². The van der Waals surface area contributed by atoms with E-state index in [1.165, 1.54) is 17.7 Å². The van der Waals surface area contributed by atoms with Crippen molar-refractivity contribution in [1.29, 1.82) is 0 Å². The lowest BCUT2D eigenvalue weighted by Crippen LogP contribution is -2.26. The molecule has 1 fully saturated rings. The summed E-state index contributed by atoms with van der Waals surface area (Å²) in [7, 11) is 0. The zero-order valence-electron chi connectivity index (χ0n) is 10.5. The number of aromatic nitrogens is 1. The fourth-order valence-corrected chi connectivity index (χ4v) is 2.82. The Hall–Kier alpha value is -1.55. The average molecular weight is 259 g/mol. The third kappa shape index (κ3) is 2.20. The summed E-state index contributed by atoms with van der Waals surface area (Å²) in [5, 5.41) is 2.12. The number of nitrogen functional groups attached to an aromatic ring is 1. The summed E-state index contributed by atoms with van der Waals surface area (Å²) in [6.45, 7) is 2.96. The number of nitrogens with zero attached hydrogens (tertiary/aromatic N) is 2. The highest BCUT2D eigenvalue weighted by Crippen LogP contribution is 2.36. The fourth-order valence-electron chi connectivity index (χ4n) is 2.12. The van der Waals surface area contributed by atoms with Gasteiger partial charge in [0, 0.05) is 17.1 Å². The first kappa shape index (κ1) is 11.5. The van der Waals surface area contributed by atoms with Crippen molar-refractivity contribution >= 4 is 22.8 Å². The van der Waals surface area contributed by atoms with E-state index in [0.717, 1.165) is 23.6 Å². The molecule has 2 aromatic heterocycles. The Balaban J connectivity index is 1.91. The van der Waals surface area contributed by atoms with E-state index < -0.39 is 0 Å². The van der Waals surface area contributed by atoms with E-state index in [4.69, 9.17) is 5.73 Å². The SMILES string of the molecule is Cc1ccnc(N(Cc2cccs2)C2CC2)c1N. The Morgan fingerprint density at radius 3 is 2.94 bits per heavy atom. The second kappa shape index (κ2) is 4.61. The lowest BCUT2D eigenvalue weighted by atomic mass is 10.2. The minimum atomic E-state index is 0.615. The minimum absolute atomic E-state index is 0.615.